The first-order valence-electron chi connectivity index (χ1n) is 6.30. The third-order valence-corrected chi connectivity index (χ3v) is 2.82. The molecule has 0 fully saturated rings. The van der Waals surface area contributed by atoms with Crippen LogP contribution in [0.25, 0.3) is 0 Å². The van der Waals surface area contributed by atoms with E-state index in [1.807, 2.05) is 43.3 Å². The minimum atomic E-state index is 0.835. The van der Waals surface area contributed by atoms with E-state index in [0.717, 1.165) is 30.4 Å². The Morgan fingerprint density at radius 2 is 1.89 bits per heavy atom. The number of aromatic nitrogens is 2. The van der Waals surface area contributed by atoms with Gasteiger partial charge in [-0.05, 0) is 19.2 Å². The Hall–Kier alpha value is -2.14. The Bertz CT molecular complexity index is 500. The summed E-state index contributed by atoms with van der Waals surface area (Å²) in [6, 6.07) is 12.1. The molecule has 19 heavy (non-hydrogen) atoms. The third kappa shape index (κ3) is 3.66. The number of likely N-dealkylation sites (N-methyl/N-ethyl adjacent to an activating group) is 1. The summed E-state index contributed by atoms with van der Waals surface area (Å²) in [6.07, 6.45) is 1.58. The van der Waals surface area contributed by atoms with E-state index in [-0.39, 0.29) is 0 Å². The van der Waals surface area contributed by atoms with Crippen molar-refractivity contribution in [2.45, 2.75) is 0 Å². The lowest BCUT2D eigenvalue weighted by Gasteiger charge is -2.18. The van der Waals surface area contributed by atoms with Crippen LogP contribution in [-0.2, 0) is 0 Å². The minimum absolute atomic E-state index is 0.835. The van der Waals surface area contributed by atoms with Crippen molar-refractivity contribution in [1.82, 2.24) is 15.3 Å². The van der Waals surface area contributed by atoms with Gasteiger partial charge in [-0.2, -0.15) is 0 Å². The number of anilines is 3. The van der Waals surface area contributed by atoms with E-state index in [2.05, 4.69) is 32.7 Å². The van der Waals surface area contributed by atoms with Crippen molar-refractivity contribution in [3.8, 4) is 0 Å². The summed E-state index contributed by atoms with van der Waals surface area (Å²) in [4.78, 5) is 10.5. The topological polar surface area (TPSA) is 53.1 Å². The number of para-hydroxylation sites is 1. The van der Waals surface area contributed by atoms with Gasteiger partial charge >= 0.3 is 0 Å². The predicted molar refractivity (Wildman–Crippen MR) is 79.0 cm³/mol. The average molecular weight is 257 g/mol. The van der Waals surface area contributed by atoms with Gasteiger partial charge in [-0.3, -0.25) is 0 Å². The molecule has 0 bridgehead atoms. The number of nitrogens with one attached hydrogen (secondary N) is 2. The van der Waals surface area contributed by atoms with Gasteiger partial charge in [-0.15, -0.1) is 0 Å². The van der Waals surface area contributed by atoms with Gasteiger partial charge in [0, 0.05) is 31.9 Å². The molecular formula is C14H19N5. The van der Waals surface area contributed by atoms with E-state index in [1.54, 1.807) is 6.33 Å². The smallest absolute Gasteiger partial charge is 0.138 e. The first kappa shape index (κ1) is 13.3. The Morgan fingerprint density at radius 1 is 1.11 bits per heavy atom. The Labute approximate surface area is 113 Å². The van der Waals surface area contributed by atoms with Gasteiger partial charge in [-0.1, -0.05) is 18.2 Å². The Kier molecular flexibility index (Phi) is 4.69. The zero-order valence-electron chi connectivity index (χ0n) is 11.3. The van der Waals surface area contributed by atoms with Crippen LogP contribution in [0, 0.1) is 0 Å². The van der Waals surface area contributed by atoms with Crippen LogP contribution in [-0.4, -0.2) is 37.2 Å². The molecule has 0 radical (unpaired) electrons. The molecule has 100 valence electrons. The fourth-order valence-corrected chi connectivity index (χ4v) is 1.73. The lowest BCUT2D eigenvalue weighted by molar-refractivity contribution is 0.820. The van der Waals surface area contributed by atoms with Crippen molar-refractivity contribution in [1.29, 1.82) is 0 Å². The lowest BCUT2D eigenvalue weighted by Crippen LogP contribution is -2.18. The number of hydrogen-bond donors (Lipinski definition) is 2. The molecule has 0 aliphatic rings. The van der Waals surface area contributed by atoms with Crippen molar-refractivity contribution in [3.05, 3.63) is 42.7 Å². The van der Waals surface area contributed by atoms with Crippen molar-refractivity contribution in [2.75, 3.05) is 37.4 Å². The summed E-state index contributed by atoms with van der Waals surface area (Å²) in [5.74, 6) is 1.70. The molecule has 2 rings (SSSR count). The molecule has 2 N–H and O–H groups in total. The molecule has 1 aromatic heterocycles. The van der Waals surface area contributed by atoms with Crippen LogP contribution < -0.4 is 15.5 Å². The number of benzene rings is 1. The average Bonchev–Trinajstić information content (AvgIpc) is 2.48. The second-order valence-electron chi connectivity index (χ2n) is 4.19. The summed E-state index contributed by atoms with van der Waals surface area (Å²) in [5, 5.41) is 6.34. The molecule has 0 amide bonds. The lowest BCUT2D eigenvalue weighted by atomic mass is 10.3. The van der Waals surface area contributed by atoms with Gasteiger partial charge < -0.3 is 15.5 Å². The fraction of sp³-hybridized carbons (Fsp3) is 0.286. The maximum atomic E-state index is 4.30. The maximum absolute atomic E-state index is 4.30. The van der Waals surface area contributed by atoms with Gasteiger partial charge in [0.1, 0.15) is 18.0 Å². The number of nitrogens with zero attached hydrogens (tertiary/aromatic N) is 3. The van der Waals surface area contributed by atoms with Crippen LogP contribution >= 0.6 is 0 Å². The second-order valence-corrected chi connectivity index (χ2v) is 4.19. The van der Waals surface area contributed by atoms with Crippen LogP contribution in [0.1, 0.15) is 0 Å². The zero-order chi connectivity index (χ0) is 13.5. The molecule has 0 aliphatic heterocycles. The predicted octanol–water partition coefficient (Wildman–Crippen LogP) is 1.88. The quantitative estimate of drug-likeness (QED) is 0.774. The van der Waals surface area contributed by atoms with Crippen LogP contribution in [0.5, 0.6) is 0 Å². The Morgan fingerprint density at radius 3 is 2.63 bits per heavy atom. The summed E-state index contributed by atoms with van der Waals surface area (Å²) in [7, 11) is 3.92. The molecule has 0 atom stereocenters. The summed E-state index contributed by atoms with van der Waals surface area (Å²) >= 11 is 0. The molecule has 0 aliphatic carbocycles. The standard InChI is InChI=1S/C14H19N5/c1-15-8-9-16-13-10-14(18-11-17-13)19(2)12-6-4-3-5-7-12/h3-7,10-11,15H,8-9H2,1-2H3,(H,16,17,18). The molecule has 0 saturated heterocycles. The fourth-order valence-electron chi connectivity index (χ4n) is 1.73. The number of rotatable bonds is 6. The van der Waals surface area contributed by atoms with Crippen LogP contribution in [0.2, 0.25) is 0 Å². The zero-order valence-corrected chi connectivity index (χ0v) is 11.3. The van der Waals surface area contributed by atoms with Crippen molar-refractivity contribution < 1.29 is 0 Å². The molecule has 2 aromatic rings. The van der Waals surface area contributed by atoms with Gasteiger partial charge in [0.25, 0.3) is 0 Å². The van der Waals surface area contributed by atoms with Crippen LogP contribution in [0.3, 0.4) is 0 Å². The van der Waals surface area contributed by atoms with Crippen LogP contribution in [0.15, 0.2) is 42.7 Å². The summed E-state index contributed by atoms with van der Waals surface area (Å²) < 4.78 is 0. The SMILES string of the molecule is CNCCNc1cc(N(C)c2ccccc2)ncn1. The minimum Gasteiger partial charge on any atom is -0.369 e. The van der Waals surface area contributed by atoms with Gasteiger partial charge in [0.05, 0.1) is 0 Å². The highest BCUT2D eigenvalue weighted by Gasteiger charge is 2.05. The van der Waals surface area contributed by atoms with Crippen molar-refractivity contribution in [2.24, 2.45) is 0 Å². The molecule has 1 aromatic carbocycles. The molecule has 0 saturated carbocycles. The van der Waals surface area contributed by atoms with E-state index in [9.17, 15) is 0 Å². The molecule has 5 nitrogen and oxygen atoms in total. The van der Waals surface area contributed by atoms with E-state index < -0.39 is 0 Å². The van der Waals surface area contributed by atoms with E-state index in [0.29, 0.717) is 0 Å². The van der Waals surface area contributed by atoms with E-state index in [1.165, 1.54) is 0 Å². The number of hydrogen-bond acceptors (Lipinski definition) is 5. The van der Waals surface area contributed by atoms with Gasteiger partial charge in [0.15, 0.2) is 0 Å². The van der Waals surface area contributed by atoms with E-state index in [4.69, 9.17) is 0 Å². The monoisotopic (exact) mass is 257 g/mol. The molecule has 5 heteroatoms. The molecule has 0 unspecified atom stereocenters. The normalized spacial score (nSPS) is 10.2. The molecule has 0 spiro atoms. The summed E-state index contributed by atoms with van der Waals surface area (Å²) in [6.45, 7) is 1.73. The largest absolute Gasteiger partial charge is 0.369 e. The highest BCUT2D eigenvalue weighted by molar-refractivity contribution is 5.61. The van der Waals surface area contributed by atoms with Crippen molar-refractivity contribution in [3.63, 3.8) is 0 Å². The maximum Gasteiger partial charge on any atom is 0.138 e. The molecule has 1 heterocycles. The Balaban J connectivity index is 2.10. The highest BCUT2D eigenvalue weighted by Crippen LogP contribution is 2.21. The van der Waals surface area contributed by atoms with E-state index >= 15 is 0 Å². The first-order chi connectivity index (χ1) is 9.31. The van der Waals surface area contributed by atoms with Crippen molar-refractivity contribution >= 4 is 17.3 Å². The second kappa shape index (κ2) is 6.70. The first-order valence-corrected chi connectivity index (χ1v) is 6.30. The van der Waals surface area contributed by atoms with Gasteiger partial charge in [-0.25, -0.2) is 9.97 Å². The summed E-state index contributed by atoms with van der Waals surface area (Å²) in [5.41, 5.74) is 1.10. The van der Waals surface area contributed by atoms with Crippen LogP contribution in [0.4, 0.5) is 17.3 Å². The highest BCUT2D eigenvalue weighted by atomic mass is 15.2. The third-order valence-electron chi connectivity index (χ3n) is 2.82. The van der Waals surface area contributed by atoms with Gasteiger partial charge in [0.2, 0.25) is 0 Å². The molecular weight excluding hydrogens is 238 g/mol.